The third-order valence-electron chi connectivity index (χ3n) is 14.7. The Balaban J connectivity index is -0.000000914. The molecule has 2 saturated carbocycles. The number of hydrogen-bond donors (Lipinski definition) is 4. The monoisotopic (exact) mass is 988 g/mol. The number of Topliss-reactive ketones (excluding diaryl/α,β-unsaturated/α-hetero) is 2. The molecule has 4 heterocycles. The number of carbonyl (C=O) groups is 6. The number of piperidine rings is 2. The van der Waals surface area contributed by atoms with Crippen molar-refractivity contribution in [1.82, 2.24) is 9.80 Å². The van der Waals surface area contributed by atoms with E-state index in [4.69, 9.17) is 39.4 Å². The molecule has 14 N–H and O–H groups in total. The molecule has 4 bridgehead atoms. The van der Waals surface area contributed by atoms with Crippen molar-refractivity contribution in [1.29, 1.82) is 0 Å². The van der Waals surface area contributed by atoms with Gasteiger partial charge in [-0.2, -0.15) is 0 Å². The van der Waals surface area contributed by atoms with Crippen LogP contribution < -0.4 is 39.4 Å². The number of ketones is 2. The lowest BCUT2D eigenvalue weighted by molar-refractivity contribution is -0.333. The Morgan fingerprint density at radius 3 is 1.19 bits per heavy atom. The van der Waals surface area contributed by atoms with Crippen molar-refractivity contribution in [2.75, 3.05) is 41.4 Å². The van der Waals surface area contributed by atoms with Crippen molar-refractivity contribution in [3.8, 4) is 23.0 Å². The van der Waals surface area contributed by atoms with Crippen LogP contribution in [0.25, 0.3) is 0 Å². The minimum atomic E-state index is -2.44. The van der Waals surface area contributed by atoms with Crippen LogP contribution in [-0.2, 0) is 52.4 Å². The fourth-order valence-corrected chi connectivity index (χ4v) is 11.9. The Morgan fingerprint density at radius 1 is 0.609 bits per heavy atom. The molecule has 2 aromatic rings. The molecule has 4 aliphatic heterocycles. The summed E-state index contributed by atoms with van der Waals surface area (Å²) < 4.78 is 23.6. The van der Waals surface area contributed by atoms with E-state index in [1.54, 1.807) is 14.2 Å². The van der Waals surface area contributed by atoms with Crippen LogP contribution in [0.15, 0.2) is 24.3 Å². The van der Waals surface area contributed by atoms with Crippen LogP contribution in [0.5, 0.6) is 23.0 Å². The number of nitrogens with zero attached hydrogens (tertiary/aromatic N) is 2. The molecule has 0 radical (unpaired) electrons. The van der Waals surface area contributed by atoms with Gasteiger partial charge in [0.2, 0.25) is 0 Å². The summed E-state index contributed by atoms with van der Waals surface area (Å²) in [6, 6.07) is 9.46. The average molecular weight is 989 g/mol. The first kappa shape index (κ1) is 59.5. The van der Waals surface area contributed by atoms with Gasteiger partial charge in [0.25, 0.3) is 0 Å². The van der Waals surface area contributed by atoms with Gasteiger partial charge < -0.3 is 116 Å². The zero-order chi connectivity index (χ0) is 46.7. The molecule has 4 fully saturated rings. The standard InChI is InChI=1S/2C18H21NO3.2C4H6O6.5H2O/c2*1-19-8-7-18-11-4-5-13(20)17(18)22-16-14(21-2)6-3-10(15(16)18)9-12(11)19;2*5-1(3(7)8)2(6)4(9)10;;;;;/h2*3,6,11-12,17H,4-5,7-9H2,1-2H3;2*1-2,5-6H,(H,7,8)(H,9,10);5*1H2/t2*11-,12+,17-,18-;;;;;;;/m00......./s1. The maximum absolute atomic E-state index is 12.6. The largest absolute Gasteiger partial charge is 1.00 e. The van der Waals surface area contributed by atoms with Crippen molar-refractivity contribution >= 4 is 35.4 Å². The number of rotatable bonds is 8. The number of hydrogen-bond acceptors (Lipinski definition) is 20. The summed E-state index contributed by atoms with van der Waals surface area (Å²) in [6.07, 6.45) is -2.82. The number of ether oxygens (including phenoxy) is 4. The molecule has 69 heavy (non-hydrogen) atoms. The summed E-state index contributed by atoms with van der Waals surface area (Å²) in [7, 11) is 7.82. The summed E-state index contributed by atoms with van der Waals surface area (Å²) in [5.41, 5.74) is 5.15. The molecule has 388 valence electrons. The van der Waals surface area contributed by atoms with Gasteiger partial charge in [0, 0.05) is 46.9 Å². The maximum Gasteiger partial charge on any atom is 1.00 e. The summed E-state index contributed by atoms with van der Waals surface area (Å²) in [5, 5.41) is 71.5. The highest BCUT2D eigenvalue weighted by Gasteiger charge is 2.67. The second-order valence-electron chi connectivity index (χ2n) is 17.6. The normalized spacial score (nSPS) is 29.1. The molecule has 4 unspecified atom stereocenters. The summed E-state index contributed by atoms with van der Waals surface area (Å²) in [4.78, 5) is 68.8. The van der Waals surface area contributed by atoms with Crippen molar-refractivity contribution in [3.63, 3.8) is 0 Å². The highest BCUT2D eigenvalue weighted by molar-refractivity contribution is 5.90. The Bertz CT molecular complexity index is 2070. The first-order valence-corrected chi connectivity index (χ1v) is 21.0. The third kappa shape index (κ3) is 9.56. The van der Waals surface area contributed by atoms with Crippen LogP contribution in [0.1, 0.15) is 66.5 Å². The van der Waals surface area contributed by atoms with Crippen molar-refractivity contribution in [3.05, 3.63) is 46.5 Å². The molecule has 4 aliphatic carbocycles. The van der Waals surface area contributed by atoms with E-state index in [0.29, 0.717) is 36.8 Å². The number of carboxylic acids is 4. The predicted octanol–water partition coefficient (Wildman–Crippen LogP) is -9.39. The number of likely N-dealkylation sites (tertiary alicyclic amines) is 2. The SMILES string of the molecule is COc1ccc2c3c1O[C@H]1C(=O)CC[C@H]4[C@@H](C2)N(C)CC[C@]314.COc1ccc2c3c1O[C@H]1C(=O)CC[C@H]4[C@@H](C2)N(C)CC[C@]314.O.O.O.O.O.O=C([O-])C(O)C(O)C(=O)[O-].O=C([O-])C(O)C(O)C(=O)[O-].[H+].[H+].[H+].[H+]. The fourth-order valence-electron chi connectivity index (χ4n) is 11.9. The van der Waals surface area contributed by atoms with Crippen LogP contribution in [0.4, 0.5) is 0 Å². The number of aliphatic hydroxyl groups is 4. The maximum atomic E-state index is 12.6. The minimum absolute atomic E-state index is 0. The van der Waals surface area contributed by atoms with Gasteiger partial charge in [-0.05, 0) is 101 Å². The number of likely N-dealkylation sites (N-methyl/N-ethyl adjacent to an activating group) is 2. The van der Waals surface area contributed by atoms with E-state index in [0.717, 1.165) is 74.6 Å². The lowest BCUT2D eigenvalue weighted by Crippen LogP contribution is -2.65. The lowest BCUT2D eigenvalue weighted by Gasteiger charge is -2.57. The Labute approximate surface area is 400 Å². The second kappa shape index (κ2) is 22.4. The molecular weight excluding hydrogens is 924 g/mol. The van der Waals surface area contributed by atoms with Gasteiger partial charge in [-0.1, -0.05) is 12.1 Å². The van der Waals surface area contributed by atoms with Crippen LogP contribution in [0, 0.1) is 11.8 Å². The third-order valence-corrected chi connectivity index (χ3v) is 14.7. The van der Waals surface area contributed by atoms with E-state index in [9.17, 15) is 49.2 Å². The van der Waals surface area contributed by atoms with Crippen LogP contribution >= 0.6 is 0 Å². The number of carbonyl (C=O) groups excluding carboxylic acids is 6. The van der Waals surface area contributed by atoms with Gasteiger partial charge in [-0.15, -0.1) is 0 Å². The molecule has 2 spiro atoms. The first-order chi connectivity index (χ1) is 30.3. The molecule has 25 heteroatoms. The molecule has 2 saturated heterocycles. The minimum Gasteiger partial charge on any atom is -0.547 e. The van der Waals surface area contributed by atoms with Crippen molar-refractivity contribution in [2.45, 2.75) is 111 Å². The highest BCUT2D eigenvalue weighted by Crippen LogP contribution is 2.64. The van der Waals surface area contributed by atoms with E-state index in [2.05, 4.69) is 36.0 Å². The van der Waals surface area contributed by atoms with E-state index < -0.39 is 48.3 Å². The van der Waals surface area contributed by atoms with Crippen LogP contribution in [0.2, 0.25) is 0 Å². The summed E-state index contributed by atoms with van der Waals surface area (Å²) in [6.45, 7) is 2.09. The smallest absolute Gasteiger partial charge is 0.547 e. The number of carboxylic acid groups (broad SMARTS) is 4. The van der Waals surface area contributed by atoms with Crippen LogP contribution in [-0.4, -0.2) is 183 Å². The Morgan fingerprint density at radius 2 is 0.913 bits per heavy atom. The molecule has 10 rings (SSSR count). The average Bonchev–Trinajstić information content (AvgIpc) is 3.82. The van der Waals surface area contributed by atoms with Gasteiger partial charge in [0.1, 0.15) is 24.4 Å². The van der Waals surface area contributed by atoms with Crippen LogP contribution in [0.3, 0.4) is 0 Å². The topological polar surface area (TPSA) is 476 Å². The predicted molar refractivity (Wildman–Crippen MR) is 230 cm³/mol. The number of aliphatic carboxylic acids is 4. The number of aliphatic hydroxyl groups excluding tert-OH is 4. The van der Waals surface area contributed by atoms with Gasteiger partial charge in [-0.25, -0.2) is 0 Å². The zero-order valence-corrected chi connectivity index (χ0v) is 38.1. The van der Waals surface area contributed by atoms with Crippen molar-refractivity contribution < 1.29 is 122 Å². The molecule has 0 aromatic heterocycles. The molecule has 0 amide bonds. The molecule has 12 atom stereocenters. The number of benzene rings is 2. The molecule has 8 aliphatic rings. The fraction of sp³-hybridized carbons (Fsp3) is 0.591. The second-order valence-corrected chi connectivity index (χ2v) is 17.6. The van der Waals surface area contributed by atoms with Crippen molar-refractivity contribution in [2.24, 2.45) is 11.8 Å². The van der Waals surface area contributed by atoms with E-state index in [-0.39, 0.29) is 67.7 Å². The van der Waals surface area contributed by atoms with Gasteiger partial charge in [-0.3, -0.25) is 9.59 Å². The van der Waals surface area contributed by atoms with E-state index in [1.807, 2.05) is 12.1 Å². The summed E-state index contributed by atoms with van der Waals surface area (Å²) >= 11 is 0. The molecular formula is C44H64N2O23. The van der Waals surface area contributed by atoms with E-state index in [1.165, 1.54) is 22.3 Å². The summed E-state index contributed by atoms with van der Waals surface area (Å²) in [5.74, 6) is -3.32. The van der Waals surface area contributed by atoms with Gasteiger partial charge >= 0.3 is 5.71 Å². The Kier molecular flexibility index (Phi) is 19.4. The van der Waals surface area contributed by atoms with Gasteiger partial charge in [0.15, 0.2) is 46.8 Å². The first-order valence-electron chi connectivity index (χ1n) is 21.0. The van der Waals surface area contributed by atoms with E-state index >= 15 is 0 Å². The quantitative estimate of drug-likeness (QED) is 0.191. The Hall–Kier alpha value is -5.58. The highest BCUT2D eigenvalue weighted by atomic mass is 16.5. The zero-order valence-electron chi connectivity index (χ0n) is 42.1. The lowest BCUT2D eigenvalue weighted by atomic mass is 9.52. The molecule has 25 nitrogen and oxygen atoms in total. The molecule has 2 aromatic carbocycles. The number of methoxy groups -OCH3 is 2. The van der Waals surface area contributed by atoms with Gasteiger partial charge in [0.05, 0.1) is 38.1 Å².